The molecule has 1 aliphatic carbocycles. The number of nitrogens with two attached hydrogens (primary N) is 1. The van der Waals surface area contributed by atoms with Gasteiger partial charge in [0.15, 0.2) is 11.5 Å². The Morgan fingerprint density at radius 1 is 1.29 bits per heavy atom. The fraction of sp³-hybridized carbons (Fsp3) is 0.632. The van der Waals surface area contributed by atoms with Gasteiger partial charge in [-0.15, -0.1) is 0 Å². The Labute approximate surface area is 145 Å². The van der Waals surface area contributed by atoms with Crippen LogP contribution in [-0.4, -0.2) is 44.2 Å². The van der Waals surface area contributed by atoms with Crippen molar-refractivity contribution in [2.45, 2.75) is 45.6 Å². The molecule has 0 bridgehead atoms. The van der Waals surface area contributed by atoms with E-state index in [0.29, 0.717) is 30.2 Å². The summed E-state index contributed by atoms with van der Waals surface area (Å²) in [6.45, 7) is 5.24. The number of hydrogen-bond acceptors (Lipinski definition) is 4. The smallest absolute Gasteiger partial charge is 0.253 e. The van der Waals surface area contributed by atoms with Crippen molar-refractivity contribution in [3.05, 3.63) is 23.8 Å². The van der Waals surface area contributed by atoms with Crippen LogP contribution in [-0.2, 0) is 0 Å². The number of ether oxygens (including phenoxy) is 2. The van der Waals surface area contributed by atoms with Crippen LogP contribution in [0.4, 0.5) is 0 Å². The van der Waals surface area contributed by atoms with E-state index in [2.05, 4.69) is 13.8 Å². The van der Waals surface area contributed by atoms with Gasteiger partial charge in [0.2, 0.25) is 0 Å². The second-order valence-electron chi connectivity index (χ2n) is 7.42. The molecule has 2 N–H and O–H groups in total. The first-order valence-electron chi connectivity index (χ1n) is 8.66. The third-order valence-electron chi connectivity index (χ3n) is 4.57. The van der Waals surface area contributed by atoms with Crippen LogP contribution in [0.25, 0.3) is 0 Å². The van der Waals surface area contributed by atoms with E-state index in [-0.39, 0.29) is 17.4 Å². The van der Waals surface area contributed by atoms with Crippen molar-refractivity contribution in [2.24, 2.45) is 11.1 Å². The van der Waals surface area contributed by atoms with Gasteiger partial charge in [0.05, 0.1) is 13.2 Å². The van der Waals surface area contributed by atoms with Crippen LogP contribution in [0.2, 0.25) is 0 Å². The van der Waals surface area contributed by atoms with E-state index in [1.807, 2.05) is 6.07 Å². The van der Waals surface area contributed by atoms with Crippen molar-refractivity contribution in [3.63, 3.8) is 0 Å². The van der Waals surface area contributed by atoms with Crippen LogP contribution in [0.15, 0.2) is 18.2 Å². The Balaban J connectivity index is 2.11. The Morgan fingerprint density at radius 3 is 2.54 bits per heavy atom. The fourth-order valence-electron chi connectivity index (χ4n) is 3.08. The molecule has 5 heteroatoms. The van der Waals surface area contributed by atoms with Crippen molar-refractivity contribution in [3.8, 4) is 11.5 Å². The van der Waals surface area contributed by atoms with E-state index in [9.17, 15) is 4.79 Å². The molecule has 1 aromatic rings. The fourth-order valence-corrected chi connectivity index (χ4v) is 3.08. The summed E-state index contributed by atoms with van der Waals surface area (Å²) in [6, 6.07) is 5.41. The van der Waals surface area contributed by atoms with Crippen LogP contribution in [0, 0.1) is 5.41 Å². The highest BCUT2D eigenvalue weighted by Gasteiger charge is 2.23. The first kappa shape index (κ1) is 18.6. The SMILES string of the molecule is COc1cc(C(=O)N(C)CC(C)(C)CN)ccc1OC1CCCC1. The predicted molar refractivity (Wildman–Crippen MR) is 95.7 cm³/mol. The number of carbonyl (C=O) groups is 1. The van der Waals surface area contributed by atoms with E-state index in [1.54, 1.807) is 31.2 Å². The Morgan fingerprint density at radius 2 is 1.96 bits per heavy atom. The number of nitrogens with zero attached hydrogens (tertiary/aromatic N) is 1. The molecule has 0 radical (unpaired) electrons. The molecule has 1 aliphatic rings. The van der Waals surface area contributed by atoms with Crippen molar-refractivity contribution < 1.29 is 14.3 Å². The van der Waals surface area contributed by atoms with Crippen LogP contribution < -0.4 is 15.2 Å². The third-order valence-corrected chi connectivity index (χ3v) is 4.57. The monoisotopic (exact) mass is 334 g/mol. The van der Waals surface area contributed by atoms with E-state index in [4.69, 9.17) is 15.2 Å². The summed E-state index contributed by atoms with van der Waals surface area (Å²) in [5, 5.41) is 0. The lowest BCUT2D eigenvalue weighted by Crippen LogP contribution is -2.39. The van der Waals surface area contributed by atoms with Crippen molar-refractivity contribution >= 4 is 5.91 Å². The van der Waals surface area contributed by atoms with Gasteiger partial charge in [-0.3, -0.25) is 4.79 Å². The molecule has 2 rings (SSSR count). The molecular formula is C19H30N2O3. The average Bonchev–Trinajstić information content (AvgIpc) is 3.07. The first-order chi connectivity index (χ1) is 11.4. The summed E-state index contributed by atoms with van der Waals surface area (Å²) in [7, 11) is 3.40. The van der Waals surface area contributed by atoms with Gasteiger partial charge in [-0.25, -0.2) is 0 Å². The van der Waals surface area contributed by atoms with Crippen LogP contribution in [0.1, 0.15) is 49.9 Å². The second kappa shape index (κ2) is 7.88. The minimum Gasteiger partial charge on any atom is -0.493 e. The summed E-state index contributed by atoms with van der Waals surface area (Å²) in [6.07, 6.45) is 4.85. The van der Waals surface area contributed by atoms with E-state index in [1.165, 1.54) is 12.8 Å². The maximum atomic E-state index is 12.7. The Kier molecular flexibility index (Phi) is 6.10. The van der Waals surface area contributed by atoms with Gasteiger partial charge in [-0.05, 0) is 55.8 Å². The largest absolute Gasteiger partial charge is 0.493 e. The standard InChI is InChI=1S/C19H30N2O3/c1-19(2,12-20)13-21(3)18(22)14-9-10-16(17(11-14)23-4)24-15-7-5-6-8-15/h9-11,15H,5-8,12-13,20H2,1-4H3. The first-order valence-corrected chi connectivity index (χ1v) is 8.66. The van der Waals surface area contributed by atoms with Crippen LogP contribution >= 0.6 is 0 Å². The maximum absolute atomic E-state index is 12.7. The zero-order valence-electron chi connectivity index (χ0n) is 15.3. The second-order valence-corrected chi connectivity index (χ2v) is 7.42. The Bertz CT molecular complexity index is 566. The summed E-state index contributed by atoms with van der Waals surface area (Å²) >= 11 is 0. The molecule has 1 amide bonds. The van der Waals surface area contributed by atoms with E-state index in [0.717, 1.165) is 12.8 Å². The Hall–Kier alpha value is -1.75. The van der Waals surface area contributed by atoms with E-state index < -0.39 is 0 Å². The minimum absolute atomic E-state index is 0.0396. The lowest BCUT2D eigenvalue weighted by molar-refractivity contribution is 0.0740. The highest BCUT2D eigenvalue weighted by Crippen LogP contribution is 2.32. The summed E-state index contributed by atoms with van der Waals surface area (Å²) < 4.78 is 11.5. The van der Waals surface area contributed by atoms with Crippen LogP contribution in [0.3, 0.4) is 0 Å². The molecule has 1 saturated carbocycles. The van der Waals surface area contributed by atoms with Gasteiger partial charge >= 0.3 is 0 Å². The normalized spacial score (nSPS) is 15.4. The highest BCUT2D eigenvalue weighted by molar-refractivity contribution is 5.94. The number of amides is 1. The van der Waals surface area contributed by atoms with Gasteiger partial charge in [-0.2, -0.15) is 0 Å². The number of carbonyl (C=O) groups excluding carboxylic acids is 1. The summed E-state index contributed by atoms with van der Waals surface area (Å²) in [4.78, 5) is 14.4. The number of hydrogen-bond donors (Lipinski definition) is 1. The quantitative estimate of drug-likeness (QED) is 0.832. The van der Waals surface area contributed by atoms with Crippen LogP contribution in [0.5, 0.6) is 11.5 Å². The van der Waals surface area contributed by atoms with Gasteiger partial charge < -0.3 is 20.1 Å². The summed E-state index contributed by atoms with van der Waals surface area (Å²) in [5.41, 5.74) is 6.25. The molecular weight excluding hydrogens is 304 g/mol. The van der Waals surface area contributed by atoms with E-state index >= 15 is 0 Å². The topological polar surface area (TPSA) is 64.8 Å². The van der Waals surface area contributed by atoms with Gasteiger partial charge in [-0.1, -0.05) is 13.8 Å². The lowest BCUT2D eigenvalue weighted by Gasteiger charge is -2.29. The zero-order chi connectivity index (χ0) is 17.7. The van der Waals surface area contributed by atoms with Gasteiger partial charge in [0.1, 0.15) is 0 Å². The number of methoxy groups -OCH3 is 1. The molecule has 0 heterocycles. The maximum Gasteiger partial charge on any atom is 0.253 e. The molecule has 1 aromatic carbocycles. The van der Waals surface area contributed by atoms with Gasteiger partial charge in [0, 0.05) is 19.2 Å². The molecule has 0 aromatic heterocycles. The molecule has 0 atom stereocenters. The molecule has 0 spiro atoms. The lowest BCUT2D eigenvalue weighted by atomic mass is 9.93. The molecule has 0 unspecified atom stereocenters. The van der Waals surface area contributed by atoms with Crippen molar-refractivity contribution in [1.82, 2.24) is 4.90 Å². The molecule has 0 saturated heterocycles. The molecule has 0 aliphatic heterocycles. The van der Waals surface area contributed by atoms with Crippen molar-refractivity contribution in [1.29, 1.82) is 0 Å². The average molecular weight is 334 g/mol. The molecule has 5 nitrogen and oxygen atoms in total. The zero-order valence-corrected chi connectivity index (χ0v) is 15.3. The number of rotatable bonds is 7. The molecule has 1 fully saturated rings. The molecule has 134 valence electrons. The molecule has 24 heavy (non-hydrogen) atoms. The summed E-state index contributed by atoms with van der Waals surface area (Å²) in [5.74, 6) is 1.28. The minimum atomic E-state index is -0.111. The number of benzene rings is 1. The third kappa shape index (κ3) is 4.63. The highest BCUT2D eigenvalue weighted by atomic mass is 16.5. The predicted octanol–water partition coefficient (Wildman–Crippen LogP) is 3.07. The van der Waals surface area contributed by atoms with Gasteiger partial charge in [0.25, 0.3) is 5.91 Å². The van der Waals surface area contributed by atoms with Crippen molar-refractivity contribution in [2.75, 3.05) is 27.2 Å².